The minimum absolute atomic E-state index is 0.0556. The molecular weight excluding hydrogens is 561 g/mol. The van der Waals surface area contributed by atoms with Gasteiger partial charge in [0.25, 0.3) is 5.76 Å². The maximum atomic E-state index is 13.8. The summed E-state index contributed by atoms with van der Waals surface area (Å²) in [6.45, 7) is 0. The maximum Gasteiger partial charge on any atom is 0.453 e. The lowest BCUT2D eigenvalue weighted by Gasteiger charge is -2.14. The average Bonchev–Trinajstić information content (AvgIpc) is 3.28. The summed E-state index contributed by atoms with van der Waals surface area (Å²) in [6, 6.07) is 15.8. The number of halogens is 4. The van der Waals surface area contributed by atoms with E-state index in [0.717, 1.165) is 10.5 Å². The molecule has 5 aromatic rings. The molecule has 3 aromatic carbocycles. The Morgan fingerprint density at radius 1 is 0.892 bits per heavy atom. The first-order valence-corrected chi connectivity index (χ1v) is 11.3. The third kappa shape index (κ3) is 4.90. The van der Waals surface area contributed by atoms with Gasteiger partial charge in [-0.25, -0.2) is 4.79 Å². The van der Waals surface area contributed by atoms with Gasteiger partial charge in [-0.2, -0.15) is 13.2 Å². The smallest absolute Gasteiger partial charge is 0.453 e. The summed E-state index contributed by atoms with van der Waals surface area (Å²) in [7, 11) is 1.38. The van der Waals surface area contributed by atoms with E-state index in [2.05, 4.69) is 15.9 Å². The molecule has 7 nitrogen and oxygen atoms in total. The fourth-order valence-electron chi connectivity index (χ4n) is 3.55. The number of hydrogen-bond donors (Lipinski definition) is 0. The van der Waals surface area contributed by atoms with Crippen LogP contribution in [-0.2, 0) is 6.18 Å². The van der Waals surface area contributed by atoms with E-state index in [1.165, 1.54) is 43.5 Å². The number of alkyl halides is 3. The molecule has 0 amide bonds. The van der Waals surface area contributed by atoms with Gasteiger partial charge in [-0.1, -0.05) is 22.0 Å². The van der Waals surface area contributed by atoms with Gasteiger partial charge in [0.2, 0.25) is 16.9 Å². The zero-order chi connectivity index (χ0) is 26.3. The van der Waals surface area contributed by atoms with Gasteiger partial charge in [-0.3, -0.25) is 4.79 Å². The van der Waals surface area contributed by atoms with E-state index in [4.69, 9.17) is 23.0 Å². The molecule has 0 aliphatic carbocycles. The second kappa shape index (κ2) is 9.32. The summed E-state index contributed by atoms with van der Waals surface area (Å²) in [4.78, 5) is 25.6. The van der Waals surface area contributed by atoms with Crippen molar-refractivity contribution in [3.63, 3.8) is 0 Å². The Labute approximate surface area is 214 Å². The van der Waals surface area contributed by atoms with E-state index < -0.39 is 34.7 Å². The highest BCUT2D eigenvalue weighted by atomic mass is 79.9. The molecule has 0 unspecified atom stereocenters. The van der Waals surface area contributed by atoms with E-state index in [1.807, 2.05) is 0 Å². The predicted molar refractivity (Wildman–Crippen MR) is 129 cm³/mol. The van der Waals surface area contributed by atoms with Crippen molar-refractivity contribution < 1.29 is 41.0 Å². The summed E-state index contributed by atoms with van der Waals surface area (Å²) in [5.41, 5.74) is -1.07. The number of carbonyl (C=O) groups is 1. The monoisotopic (exact) mass is 574 g/mol. The highest BCUT2D eigenvalue weighted by Crippen LogP contribution is 2.39. The molecule has 0 radical (unpaired) electrons. The van der Waals surface area contributed by atoms with Crippen LogP contribution in [0.1, 0.15) is 16.3 Å². The van der Waals surface area contributed by atoms with E-state index in [9.17, 15) is 22.8 Å². The molecule has 0 fully saturated rings. The quantitative estimate of drug-likeness (QED) is 0.160. The Bertz CT molecular complexity index is 1720. The number of carbonyl (C=O) groups excluding carboxylic acids is 1. The van der Waals surface area contributed by atoms with Crippen LogP contribution in [0, 0.1) is 0 Å². The third-order valence-corrected chi connectivity index (χ3v) is 5.72. The molecule has 0 spiro atoms. The highest BCUT2D eigenvalue weighted by molar-refractivity contribution is 9.10. The molecule has 188 valence electrons. The SMILES string of the molecule is COc1cccc(Oc2c(C(F)(F)F)oc3cc(OC(=O)c4cc5cc(Br)ccc5o4)ccc3c2=O)c1. The molecule has 0 aliphatic heterocycles. The predicted octanol–water partition coefficient (Wildman–Crippen LogP) is 7.34. The fraction of sp³-hybridized carbons (Fsp3) is 0.0769. The minimum atomic E-state index is -5.06. The molecule has 37 heavy (non-hydrogen) atoms. The lowest BCUT2D eigenvalue weighted by atomic mass is 10.2. The van der Waals surface area contributed by atoms with E-state index in [0.29, 0.717) is 16.7 Å². The van der Waals surface area contributed by atoms with Crippen molar-refractivity contribution in [2.24, 2.45) is 0 Å². The Morgan fingerprint density at radius 3 is 2.43 bits per heavy atom. The third-order valence-electron chi connectivity index (χ3n) is 5.23. The first-order valence-electron chi connectivity index (χ1n) is 10.5. The van der Waals surface area contributed by atoms with Gasteiger partial charge in [-0.15, -0.1) is 0 Å². The van der Waals surface area contributed by atoms with Gasteiger partial charge in [0.15, 0.2) is 0 Å². The molecule has 0 N–H and O–H groups in total. The van der Waals surface area contributed by atoms with Crippen LogP contribution < -0.4 is 19.6 Å². The van der Waals surface area contributed by atoms with Crippen LogP contribution in [0.4, 0.5) is 13.2 Å². The number of fused-ring (bicyclic) bond motifs is 2. The van der Waals surface area contributed by atoms with Crippen molar-refractivity contribution in [3.8, 4) is 23.0 Å². The van der Waals surface area contributed by atoms with Gasteiger partial charge >= 0.3 is 12.1 Å². The number of esters is 1. The molecule has 2 heterocycles. The van der Waals surface area contributed by atoms with Gasteiger partial charge in [0.05, 0.1) is 12.5 Å². The van der Waals surface area contributed by atoms with Gasteiger partial charge in [-0.05, 0) is 48.5 Å². The van der Waals surface area contributed by atoms with Crippen LogP contribution in [0.3, 0.4) is 0 Å². The lowest BCUT2D eigenvalue weighted by Crippen LogP contribution is -2.15. The van der Waals surface area contributed by atoms with Crippen molar-refractivity contribution in [1.29, 1.82) is 0 Å². The molecule has 2 aromatic heterocycles. The maximum absolute atomic E-state index is 13.8. The summed E-state index contributed by atoms with van der Waals surface area (Å²) < 4.78 is 68.4. The number of hydrogen-bond acceptors (Lipinski definition) is 7. The molecular formula is C26H14BrF3O7. The molecule has 0 aliphatic rings. The Hall–Kier alpha value is -4.25. The normalized spacial score (nSPS) is 11.6. The molecule has 0 saturated carbocycles. The van der Waals surface area contributed by atoms with Crippen LogP contribution in [0.15, 0.2) is 84.8 Å². The van der Waals surface area contributed by atoms with Crippen LogP contribution in [0.25, 0.3) is 21.9 Å². The fourth-order valence-corrected chi connectivity index (χ4v) is 3.93. The number of rotatable bonds is 5. The zero-order valence-corrected chi connectivity index (χ0v) is 20.3. The minimum Gasteiger partial charge on any atom is -0.497 e. The first kappa shape index (κ1) is 24.4. The number of furan rings is 1. The first-order chi connectivity index (χ1) is 17.6. The lowest BCUT2D eigenvalue weighted by molar-refractivity contribution is -0.154. The zero-order valence-electron chi connectivity index (χ0n) is 18.7. The van der Waals surface area contributed by atoms with Crippen LogP contribution in [-0.4, -0.2) is 13.1 Å². The van der Waals surface area contributed by atoms with Crippen LogP contribution >= 0.6 is 15.9 Å². The highest BCUT2D eigenvalue weighted by Gasteiger charge is 2.40. The Morgan fingerprint density at radius 2 is 1.68 bits per heavy atom. The van der Waals surface area contributed by atoms with E-state index >= 15 is 0 Å². The Balaban J connectivity index is 1.51. The molecule has 0 saturated heterocycles. The van der Waals surface area contributed by atoms with Crippen LogP contribution in [0.5, 0.6) is 23.0 Å². The summed E-state index contributed by atoms with van der Waals surface area (Å²) in [5.74, 6) is -3.57. The van der Waals surface area contributed by atoms with Crippen molar-refractivity contribution >= 4 is 43.8 Å². The van der Waals surface area contributed by atoms with Crippen LogP contribution in [0.2, 0.25) is 0 Å². The van der Waals surface area contributed by atoms with Crippen molar-refractivity contribution in [1.82, 2.24) is 0 Å². The average molecular weight is 575 g/mol. The summed E-state index contributed by atoms with van der Waals surface area (Å²) in [6.07, 6.45) is -5.06. The number of methoxy groups -OCH3 is 1. The second-order valence-corrected chi connectivity index (χ2v) is 8.62. The second-order valence-electron chi connectivity index (χ2n) is 7.71. The molecule has 0 bridgehead atoms. The van der Waals surface area contributed by atoms with Crippen molar-refractivity contribution in [2.45, 2.75) is 6.18 Å². The molecule has 5 rings (SSSR count). The molecule has 0 atom stereocenters. The summed E-state index contributed by atoms with van der Waals surface area (Å²) >= 11 is 3.32. The van der Waals surface area contributed by atoms with Gasteiger partial charge in [0, 0.05) is 22.0 Å². The number of ether oxygens (including phenoxy) is 3. The Kier molecular flexibility index (Phi) is 6.16. The van der Waals surface area contributed by atoms with Crippen molar-refractivity contribution in [2.75, 3.05) is 7.11 Å². The summed E-state index contributed by atoms with van der Waals surface area (Å²) in [5, 5.41) is 0.434. The van der Waals surface area contributed by atoms with E-state index in [1.54, 1.807) is 24.3 Å². The van der Waals surface area contributed by atoms with Gasteiger partial charge in [0.1, 0.15) is 28.4 Å². The van der Waals surface area contributed by atoms with Crippen molar-refractivity contribution in [3.05, 3.63) is 92.9 Å². The standard InChI is InChI=1S/C26H14BrF3O7/c1-33-15-3-2-4-16(11-15)34-23-22(31)18-7-6-17(12-20(18)37-24(23)26(28,29)30)35-25(32)21-10-13-9-14(27)5-8-19(13)36-21/h2-12H,1H3. The van der Waals surface area contributed by atoms with Gasteiger partial charge < -0.3 is 23.0 Å². The van der Waals surface area contributed by atoms with E-state index in [-0.39, 0.29) is 22.6 Å². The largest absolute Gasteiger partial charge is 0.497 e. The number of benzene rings is 3. The topological polar surface area (TPSA) is 88.1 Å². The molecule has 11 heteroatoms.